The van der Waals surface area contributed by atoms with Crippen molar-refractivity contribution in [1.82, 2.24) is 9.88 Å². The Hall–Kier alpha value is -3.45. The molecular formula is C24H28N4O3. The first-order valence-electron chi connectivity index (χ1n) is 10.2. The molecule has 31 heavy (non-hydrogen) atoms. The number of rotatable bonds is 6. The summed E-state index contributed by atoms with van der Waals surface area (Å²) in [6, 6.07) is 12.6. The highest BCUT2D eigenvalue weighted by molar-refractivity contribution is 5.95. The van der Waals surface area contributed by atoms with Crippen molar-refractivity contribution in [2.45, 2.75) is 13.8 Å². The fourth-order valence-electron chi connectivity index (χ4n) is 3.45. The van der Waals surface area contributed by atoms with Crippen LogP contribution in [0, 0.1) is 0 Å². The molecule has 0 spiro atoms. The zero-order valence-electron chi connectivity index (χ0n) is 18.2. The van der Waals surface area contributed by atoms with Crippen LogP contribution in [0.3, 0.4) is 0 Å². The Morgan fingerprint density at radius 3 is 2.45 bits per heavy atom. The van der Waals surface area contributed by atoms with Crippen molar-refractivity contribution < 1.29 is 9.53 Å². The molecule has 7 heteroatoms. The van der Waals surface area contributed by atoms with E-state index in [9.17, 15) is 9.59 Å². The smallest absolute Gasteiger partial charge is 0.255 e. The molecule has 2 aromatic rings. The second-order valence-corrected chi connectivity index (χ2v) is 7.40. The first-order chi connectivity index (χ1) is 14.9. The highest BCUT2D eigenvalue weighted by atomic mass is 16.5. The Morgan fingerprint density at radius 2 is 1.81 bits per heavy atom. The summed E-state index contributed by atoms with van der Waals surface area (Å²) < 4.78 is 7.08. The molecular weight excluding hydrogens is 392 g/mol. The van der Waals surface area contributed by atoms with Gasteiger partial charge in [0.05, 0.1) is 13.2 Å². The number of carbonyl (C=O) groups is 1. The van der Waals surface area contributed by atoms with Crippen LogP contribution in [0.4, 0.5) is 5.82 Å². The molecule has 1 aliphatic heterocycles. The van der Waals surface area contributed by atoms with Crippen LogP contribution in [0.25, 0.3) is 5.57 Å². The molecule has 0 bridgehead atoms. The lowest BCUT2D eigenvalue weighted by atomic mass is 10.0. The average molecular weight is 421 g/mol. The third-order valence-corrected chi connectivity index (χ3v) is 5.22. The fraction of sp³-hybridized carbons (Fsp3) is 0.292. The molecule has 0 atom stereocenters. The molecule has 162 valence electrons. The van der Waals surface area contributed by atoms with Gasteiger partial charge in [-0.2, -0.15) is 0 Å². The van der Waals surface area contributed by atoms with E-state index >= 15 is 0 Å². The van der Waals surface area contributed by atoms with Crippen molar-refractivity contribution >= 4 is 24.0 Å². The van der Waals surface area contributed by atoms with Crippen LogP contribution in [-0.2, 0) is 11.8 Å². The van der Waals surface area contributed by atoms with Gasteiger partial charge in [-0.15, -0.1) is 0 Å². The van der Waals surface area contributed by atoms with Gasteiger partial charge in [0.1, 0.15) is 5.82 Å². The summed E-state index contributed by atoms with van der Waals surface area (Å²) in [6.07, 6.45) is 1.82. The summed E-state index contributed by atoms with van der Waals surface area (Å²) in [5, 5.41) is 2.90. The second-order valence-electron chi connectivity index (χ2n) is 7.40. The van der Waals surface area contributed by atoms with Crippen LogP contribution in [-0.4, -0.2) is 43.5 Å². The molecule has 0 radical (unpaired) electrons. The second kappa shape index (κ2) is 10.0. The molecule has 0 unspecified atom stereocenters. The van der Waals surface area contributed by atoms with Gasteiger partial charge in [0.2, 0.25) is 0 Å². The van der Waals surface area contributed by atoms with Crippen LogP contribution < -0.4 is 15.8 Å². The number of morpholine rings is 1. The molecule has 7 nitrogen and oxygen atoms in total. The Kier molecular flexibility index (Phi) is 7.20. The van der Waals surface area contributed by atoms with Gasteiger partial charge in [-0.25, -0.2) is 0 Å². The molecule has 0 aliphatic carbocycles. The molecule has 0 saturated carbocycles. The van der Waals surface area contributed by atoms with Crippen molar-refractivity contribution in [2.75, 3.05) is 31.2 Å². The number of ether oxygens (including phenoxy) is 1. The number of allylic oxidation sites excluding steroid dienone is 4. The van der Waals surface area contributed by atoms with Gasteiger partial charge in [-0.3, -0.25) is 19.1 Å². The number of pyridine rings is 1. The summed E-state index contributed by atoms with van der Waals surface area (Å²) in [6.45, 7) is 9.96. The summed E-state index contributed by atoms with van der Waals surface area (Å²) in [7, 11) is 1.76. The number of nitrogens with zero attached hydrogens (tertiary/aromatic N) is 3. The van der Waals surface area contributed by atoms with Gasteiger partial charge in [0.15, 0.2) is 0 Å². The largest absolute Gasteiger partial charge is 0.378 e. The van der Waals surface area contributed by atoms with Crippen LogP contribution in [0.5, 0.6) is 0 Å². The molecule has 1 N–H and O–H groups in total. The van der Waals surface area contributed by atoms with E-state index in [4.69, 9.17) is 4.74 Å². The number of amides is 1. The van der Waals surface area contributed by atoms with E-state index in [-0.39, 0.29) is 11.5 Å². The average Bonchev–Trinajstić information content (AvgIpc) is 2.79. The van der Waals surface area contributed by atoms with Crippen molar-refractivity contribution in [3.63, 3.8) is 0 Å². The molecule has 1 fully saturated rings. The minimum Gasteiger partial charge on any atom is -0.378 e. The van der Waals surface area contributed by atoms with Gasteiger partial charge in [-0.1, -0.05) is 18.2 Å². The van der Waals surface area contributed by atoms with E-state index in [1.807, 2.05) is 37.3 Å². The van der Waals surface area contributed by atoms with Gasteiger partial charge in [0, 0.05) is 48.7 Å². The highest BCUT2D eigenvalue weighted by Crippen LogP contribution is 2.25. The van der Waals surface area contributed by atoms with E-state index in [1.165, 1.54) is 0 Å². The predicted octanol–water partition coefficient (Wildman–Crippen LogP) is 2.99. The van der Waals surface area contributed by atoms with Gasteiger partial charge >= 0.3 is 0 Å². The predicted molar refractivity (Wildman–Crippen MR) is 125 cm³/mol. The van der Waals surface area contributed by atoms with E-state index in [0.29, 0.717) is 30.2 Å². The maximum atomic E-state index is 12.7. The van der Waals surface area contributed by atoms with E-state index in [0.717, 1.165) is 30.0 Å². The van der Waals surface area contributed by atoms with Gasteiger partial charge < -0.3 is 15.0 Å². The lowest BCUT2D eigenvalue weighted by Gasteiger charge is -2.30. The van der Waals surface area contributed by atoms with Crippen LogP contribution >= 0.6 is 0 Å². The Morgan fingerprint density at radius 1 is 1.13 bits per heavy atom. The zero-order chi connectivity index (χ0) is 22.4. The molecule has 2 heterocycles. The minimum absolute atomic E-state index is 0.118. The number of aromatic nitrogens is 1. The first kappa shape index (κ1) is 22.2. The molecule has 1 amide bonds. The lowest BCUT2D eigenvalue weighted by molar-refractivity contribution is 0.0966. The normalized spacial score (nSPS) is 15.3. The van der Waals surface area contributed by atoms with Crippen molar-refractivity contribution in [3.8, 4) is 0 Å². The number of aliphatic imine (C=N–C) groups is 1. The molecule has 1 aliphatic rings. The fourth-order valence-corrected chi connectivity index (χ4v) is 3.45. The van der Waals surface area contributed by atoms with Crippen molar-refractivity contribution in [1.29, 1.82) is 0 Å². The van der Waals surface area contributed by atoms with Gasteiger partial charge in [0.25, 0.3) is 11.5 Å². The van der Waals surface area contributed by atoms with Crippen molar-refractivity contribution in [2.24, 2.45) is 12.0 Å². The van der Waals surface area contributed by atoms with Crippen LogP contribution in [0.2, 0.25) is 0 Å². The summed E-state index contributed by atoms with van der Waals surface area (Å²) in [4.78, 5) is 31.4. The first-order valence-corrected chi connectivity index (χ1v) is 10.2. The summed E-state index contributed by atoms with van der Waals surface area (Å²) in [5.74, 6) is 0.621. The van der Waals surface area contributed by atoms with Gasteiger partial charge in [-0.05, 0) is 50.4 Å². The standard InChI is InChI=1S/C24H28N4O3/c1-17(26-24(30)19-8-6-5-7-9-19)14-21(18(2)25-3)20-15-22(27(4)23(29)16-20)28-10-12-31-13-11-28/h5-9,14-16H,3,10-13H2,1-2,4H3,(H,26,30)/b17-14+,21-18+. The maximum Gasteiger partial charge on any atom is 0.255 e. The maximum absolute atomic E-state index is 12.7. The van der Waals surface area contributed by atoms with E-state index in [2.05, 4.69) is 21.9 Å². The Labute approximate surface area is 182 Å². The van der Waals surface area contributed by atoms with Crippen molar-refractivity contribution in [3.05, 3.63) is 81.4 Å². The van der Waals surface area contributed by atoms with Crippen LogP contribution in [0.1, 0.15) is 29.8 Å². The third kappa shape index (κ3) is 5.38. The SMILES string of the molecule is C=N/C(C)=C(\C=C(/C)NC(=O)c1ccccc1)c1cc(N2CCOCC2)n(C)c(=O)c1. The van der Waals surface area contributed by atoms with E-state index < -0.39 is 0 Å². The number of nitrogens with one attached hydrogen (secondary N) is 1. The third-order valence-electron chi connectivity index (χ3n) is 5.22. The number of benzene rings is 1. The summed E-state index contributed by atoms with van der Waals surface area (Å²) >= 11 is 0. The van der Waals surface area contributed by atoms with E-state index in [1.54, 1.807) is 36.7 Å². The lowest BCUT2D eigenvalue weighted by Crippen LogP contribution is -2.39. The van der Waals surface area contributed by atoms with Crippen LogP contribution in [0.15, 0.2) is 69.7 Å². The molecule has 3 rings (SSSR count). The highest BCUT2D eigenvalue weighted by Gasteiger charge is 2.17. The number of carbonyl (C=O) groups excluding carboxylic acids is 1. The number of anilines is 1. The Bertz CT molecular complexity index is 1080. The minimum atomic E-state index is -0.198. The number of hydrogen-bond acceptors (Lipinski definition) is 5. The quantitative estimate of drug-likeness (QED) is 0.576. The summed E-state index contributed by atoms with van der Waals surface area (Å²) in [5.41, 5.74) is 3.21. The molecule has 1 aromatic carbocycles. The monoisotopic (exact) mass is 420 g/mol. The Balaban J connectivity index is 1.97. The topological polar surface area (TPSA) is 75.9 Å². The molecule has 1 saturated heterocycles. The number of hydrogen-bond donors (Lipinski definition) is 1. The molecule has 1 aromatic heterocycles. The zero-order valence-corrected chi connectivity index (χ0v) is 18.2.